The highest BCUT2D eigenvalue weighted by molar-refractivity contribution is 6.25. The van der Waals surface area contributed by atoms with Gasteiger partial charge in [-0.05, 0) is 83.9 Å². The van der Waals surface area contributed by atoms with Gasteiger partial charge in [0, 0.05) is 10.8 Å². The van der Waals surface area contributed by atoms with Crippen LogP contribution in [0.5, 0.6) is 0 Å². The van der Waals surface area contributed by atoms with E-state index in [1.54, 1.807) is 0 Å². The third-order valence-electron chi connectivity index (χ3n) is 8.62. The smallest absolute Gasteiger partial charge is 0.136 e. The van der Waals surface area contributed by atoms with E-state index < -0.39 is 0 Å². The van der Waals surface area contributed by atoms with Gasteiger partial charge in [0.15, 0.2) is 0 Å². The summed E-state index contributed by atoms with van der Waals surface area (Å²) in [6.45, 7) is 0. The maximum atomic E-state index is 6.24. The monoisotopic (exact) mass is 520 g/mol. The van der Waals surface area contributed by atoms with Crippen molar-refractivity contribution in [3.05, 3.63) is 146 Å². The van der Waals surface area contributed by atoms with Gasteiger partial charge in [0.1, 0.15) is 11.2 Å². The standard InChI is InChI=1S/C40H24O/c1-2-10-25(11-3-1)37-30-15-4-6-17-32(30)38(33-18-7-5-16-31(33)37)28-14-8-13-27(24-28)29-22-23-36-40-34(29)21-20-26-12-9-19-35(41-36)39(26)40/h1-24H. The number of furan rings is 1. The molecule has 0 N–H and O–H groups in total. The number of rotatable bonds is 3. The molecule has 0 atom stereocenters. The van der Waals surface area contributed by atoms with Gasteiger partial charge in [0.25, 0.3) is 0 Å². The summed E-state index contributed by atoms with van der Waals surface area (Å²) in [6.07, 6.45) is 0. The minimum atomic E-state index is 0.945. The molecule has 41 heavy (non-hydrogen) atoms. The van der Waals surface area contributed by atoms with Gasteiger partial charge in [-0.3, -0.25) is 0 Å². The van der Waals surface area contributed by atoms with E-state index in [1.807, 2.05) is 0 Å². The van der Waals surface area contributed by atoms with Crippen molar-refractivity contribution < 1.29 is 4.42 Å². The molecule has 0 aliphatic heterocycles. The zero-order chi connectivity index (χ0) is 26.9. The molecule has 0 unspecified atom stereocenters. The summed E-state index contributed by atoms with van der Waals surface area (Å²) < 4.78 is 6.24. The highest BCUT2D eigenvalue weighted by Gasteiger charge is 2.18. The van der Waals surface area contributed by atoms with E-state index in [4.69, 9.17) is 4.42 Å². The summed E-state index contributed by atoms with van der Waals surface area (Å²) >= 11 is 0. The Morgan fingerprint density at radius 2 is 0.927 bits per heavy atom. The number of fused-ring (bicyclic) bond motifs is 2. The topological polar surface area (TPSA) is 13.1 Å². The zero-order valence-corrected chi connectivity index (χ0v) is 22.3. The van der Waals surface area contributed by atoms with Crippen molar-refractivity contribution in [3.8, 4) is 33.4 Å². The quantitative estimate of drug-likeness (QED) is 0.167. The molecule has 0 spiro atoms. The molecule has 0 radical (unpaired) electrons. The maximum absolute atomic E-state index is 6.24. The lowest BCUT2D eigenvalue weighted by Gasteiger charge is -2.18. The van der Waals surface area contributed by atoms with Gasteiger partial charge in [-0.2, -0.15) is 0 Å². The summed E-state index contributed by atoms with van der Waals surface area (Å²) in [7, 11) is 0. The predicted molar refractivity (Wildman–Crippen MR) is 174 cm³/mol. The largest absolute Gasteiger partial charge is 0.456 e. The van der Waals surface area contributed by atoms with Crippen molar-refractivity contribution in [1.29, 1.82) is 0 Å². The molecule has 1 heteroatoms. The Kier molecular flexibility index (Phi) is 4.67. The number of hydrogen-bond donors (Lipinski definition) is 0. The first-order valence-electron chi connectivity index (χ1n) is 14.1. The second-order valence-electron chi connectivity index (χ2n) is 10.8. The molecule has 0 amide bonds. The van der Waals surface area contributed by atoms with Gasteiger partial charge in [-0.1, -0.05) is 127 Å². The van der Waals surface area contributed by atoms with Crippen LogP contribution >= 0.6 is 0 Å². The summed E-state index contributed by atoms with van der Waals surface area (Å²) in [5, 5.41) is 9.95. The summed E-state index contributed by atoms with van der Waals surface area (Å²) in [6, 6.07) is 52.6. The molecule has 9 aromatic rings. The SMILES string of the molecule is c1ccc(-c2c3ccccc3c(-c3cccc(-c4ccc5oc6cccc7ccc4c5c76)c3)c3ccccc23)cc1. The minimum absolute atomic E-state index is 0.945. The van der Waals surface area contributed by atoms with Gasteiger partial charge < -0.3 is 4.42 Å². The third-order valence-corrected chi connectivity index (χ3v) is 8.62. The van der Waals surface area contributed by atoms with E-state index in [9.17, 15) is 0 Å². The van der Waals surface area contributed by atoms with Crippen LogP contribution in [0.1, 0.15) is 0 Å². The van der Waals surface area contributed by atoms with Gasteiger partial charge in [0.2, 0.25) is 0 Å². The van der Waals surface area contributed by atoms with Crippen LogP contribution in [0.4, 0.5) is 0 Å². The average Bonchev–Trinajstić information content (AvgIpc) is 3.43. The molecule has 9 rings (SSSR count). The molecule has 1 aromatic heterocycles. The highest BCUT2D eigenvalue weighted by Crippen LogP contribution is 2.45. The second kappa shape index (κ2) is 8.55. The lowest BCUT2D eigenvalue weighted by atomic mass is 9.85. The Labute approximate surface area is 237 Å². The van der Waals surface area contributed by atoms with Gasteiger partial charge >= 0.3 is 0 Å². The van der Waals surface area contributed by atoms with Crippen molar-refractivity contribution >= 4 is 54.3 Å². The van der Waals surface area contributed by atoms with Crippen LogP contribution < -0.4 is 0 Å². The Hall–Kier alpha value is -5.40. The average molecular weight is 521 g/mol. The van der Waals surface area contributed by atoms with E-state index in [1.165, 1.54) is 76.5 Å². The first-order chi connectivity index (χ1) is 20.3. The van der Waals surface area contributed by atoms with Crippen molar-refractivity contribution in [2.75, 3.05) is 0 Å². The van der Waals surface area contributed by atoms with E-state index in [0.717, 1.165) is 11.2 Å². The van der Waals surface area contributed by atoms with E-state index in [-0.39, 0.29) is 0 Å². The van der Waals surface area contributed by atoms with Crippen LogP contribution in [-0.4, -0.2) is 0 Å². The lowest BCUT2D eigenvalue weighted by molar-refractivity contribution is 0.669. The number of benzene rings is 8. The molecule has 1 nitrogen and oxygen atoms in total. The van der Waals surface area contributed by atoms with Crippen molar-refractivity contribution in [2.45, 2.75) is 0 Å². The molecule has 0 saturated carbocycles. The molecular weight excluding hydrogens is 496 g/mol. The highest BCUT2D eigenvalue weighted by atomic mass is 16.3. The molecule has 0 aliphatic rings. The minimum Gasteiger partial charge on any atom is -0.456 e. The summed E-state index contributed by atoms with van der Waals surface area (Å²) in [5.41, 5.74) is 9.36. The third kappa shape index (κ3) is 3.24. The maximum Gasteiger partial charge on any atom is 0.136 e. The van der Waals surface area contributed by atoms with Crippen LogP contribution in [0.15, 0.2) is 150 Å². The van der Waals surface area contributed by atoms with E-state index in [0.29, 0.717) is 0 Å². The molecule has 1 heterocycles. The van der Waals surface area contributed by atoms with E-state index >= 15 is 0 Å². The molecule has 0 aliphatic carbocycles. The number of hydrogen-bond acceptors (Lipinski definition) is 1. The van der Waals surface area contributed by atoms with Crippen LogP contribution in [0, 0.1) is 0 Å². The first kappa shape index (κ1) is 22.4. The molecule has 0 bridgehead atoms. The normalized spacial score (nSPS) is 11.9. The fourth-order valence-corrected chi connectivity index (χ4v) is 6.90. The molecule has 0 saturated heterocycles. The fourth-order valence-electron chi connectivity index (χ4n) is 6.90. The Bertz CT molecular complexity index is 2350. The molecule has 190 valence electrons. The fraction of sp³-hybridized carbons (Fsp3) is 0. The lowest BCUT2D eigenvalue weighted by Crippen LogP contribution is -1.91. The first-order valence-corrected chi connectivity index (χ1v) is 14.1. The molecule has 0 fully saturated rings. The van der Waals surface area contributed by atoms with Crippen LogP contribution in [0.25, 0.3) is 87.6 Å². The zero-order valence-electron chi connectivity index (χ0n) is 22.3. The molecular formula is C40H24O. The Morgan fingerprint density at radius 3 is 1.66 bits per heavy atom. The van der Waals surface area contributed by atoms with Crippen molar-refractivity contribution in [2.24, 2.45) is 0 Å². The summed E-state index contributed by atoms with van der Waals surface area (Å²) in [5.74, 6) is 0. The Morgan fingerprint density at radius 1 is 0.341 bits per heavy atom. The van der Waals surface area contributed by atoms with Crippen LogP contribution in [0.2, 0.25) is 0 Å². The van der Waals surface area contributed by atoms with E-state index in [2.05, 4.69) is 146 Å². The Balaban J connectivity index is 1.33. The van der Waals surface area contributed by atoms with Crippen molar-refractivity contribution in [1.82, 2.24) is 0 Å². The van der Waals surface area contributed by atoms with Gasteiger partial charge in [-0.25, -0.2) is 0 Å². The van der Waals surface area contributed by atoms with Gasteiger partial charge in [-0.15, -0.1) is 0 Å². The van der Waals surface area contributed by atoms with Crippen LogP contribution in [0.3, 0.4) is 0 Å². The predicted octanol–water partition coefficient (Wildman–Crippen LogP) is 11.5. The second-order valence-corrected chi connectivity index (χ2v) is 10.8. The summed E-state index contributed by atoms with van der Waals surface area (Å²) in [4.78, 5) is 0. The van der Waals surface area contributed by atoms with Crippen molar-refractivity contribution in [3.63, 3.8) is 0 Å². The molecule has 8 aromatic carbocycles. The van der Waals surface area contributed by atoms with Crippen LogP contribution in [-0.2, 0) is 0 Å². The van der Waals surface area contributed by atoms with Gasteiger partial charge in [0.05, 0.1) is 0 Å².